The summed E-state index contributed by atoms with van der Waals surface area (Å²) >= 11 is 0. The summed E-state index contributed by atoms with van der Waals surface area (Å²) in [5, 5.41) is 45.4. The zero-order chi connectivity index (χ0) is 26.3. The first-order valence-electron chi connectivity index (χ1n) is 10.9. The summed E-state index contributed by atoms with van der Waals surface area (Å²) in [5.74, 6) is 0.257. The summed E-state index contributed by atoms with van der Waals surface area (Å²) in [5.41, 5.74) is -3.49. The lowest BCUT2D eigenvalue weighted by Gasteiger charge is -2.46. The number of aromatic nitrogens is 4. The Morgan fingerprint density at radius 3 is 1.42 bits per heavy atom. The van der Waals surface area contributed by atoms with E-state index >= 15 is 0 Å². The van der Waals surface area contributed by atoms with Crippen LogP contribution in [0.1, 0.15) is 38.1 Å². The largest absolute Gasteiger partial charge is 0.356 e. The average molecular weight is 493 g/mol. The molecule has 1 aliphatic heterocycles. The van der Waals surface area contributed by atoms with Crippen molar-refractivity contribution in [2.75, 3.05) is 38.1 Å². The van der Waals surface area contributed by atoms with Gasteiger partial charge in [-0.3, -0.25) is 0 Å². The van der Waals surface area contributed by atoms with Crippen molar-refractivity contribution in [1.29, 1.82) is 21.0 Å². The van der Waals surface area contributed by atoms with Gasteiger partial charge in [0.1, 0.15) is 12.1 Å². The second-order valence-electron chi connectivity index (χ2n) is 7.84. The van der Waals surface area contributed by atoms with Gasteiger partial charge in [0.2, 0.25) is 11.3 Å². The minimum absolute atomic E-state index is 0.00333. The highest BCUT2D eigenvalue weighted by Crippen LogP contribution is 2.42. The first-order chi connectivity index (χ1) is 17.3. The van der Waals surface area contributed by atoms with E-state index in [2.05, 4.69) is 42.7 Å². The predicted octanol–water partition coefficient (Wildman–Crippen LogP) is 1.32. The van der Waals surface area contributed by atoms with Crippen molar-refractivity contribution in [2.24, 2.45) is 0 Å². The molecule has 0 amide bonds. The molecule has 0 saturated heterocycles. The molecule has 0 spiro atoms. The molecule has 2 N–H and O–H groups in total. The number of hydrogen-bond acceptors (Lipinski definition) is 14. The van der Waals surface area contributed by atoms with Crippen molar-refractivity contribution in [3.63, 3.8) is 0 Å². The molecule has 2 aromatic rings. The molecule has 3 rings (SSSR count). The van der Waals surface area contributed by atoms with Gasteiger partial charge in [0.05, 0.1) is 25.4 Å². The lowest BCUT2D eigenvalue weighted by molar-refractivity contribution is -0.117. The predicted molar refractivity (Wildman–Crippen MR) is 123 cm³/mol. The molecule has 0 saturated carbocycles. The maximum absolute atomic E-state index is 10.4. The highest BCUT2D eigenvalue weighted by Gasteiger charge is 2.56. The third kappa shape index (κ3) is 4.94. The summed E-state index contributed by atoms with van der Waals surface area (Å²) < 4.78 is 21.4. The number of nitrogens with one attached hydrogen (secondary N) is 2. The molecule has 1 aliphatic rings. The molecule has 36 heavy (non-hydrogen) atoms. The quantitative estimate of drug-likeness (QED) is 0.448. The lowest BCUT2D eigenvalue weighted by Crippen LogP contribution is -2.65. The van der Waals surface area contributed by atoms with E-state index in [1.807, 2.05) is 0 Å². The molecule has 2 aromatic heterocycles. The molecule has 0 aliphatic carbocycles. The van der Waals surface area contributed by atoms with Gasteiger partial charge in [-0.25, -0.2) is 19.9 Å². The van der Waals surface area contributed by atoms with Crippen LogP contribution < -0.4 is 10.6 Å². The Morgan fingerprint density at radius 2 is 1.11 bits per heavy atom. The molecule has 0 aromatic carbocycles. The molecule has 0 radical (unpaired) electrons. The minimum atomic E-state index is -1.54. The zero-order valence-corrected chi connectivity index (χ0v) is 20.2. The van der Waals surface area contributed by atoms with Crippen molar-refractivity contribution in [2.45, 2.75) is 50.3 Å². The van der Waals surface area contributed by atoms with E-state index in [-0.39, 0.29) is 60.4 Å². The van der Waals surface area contributed by atoms with Gasteiger partial charge in [0.15, 0.2) is 46.7 Å². The maximum Gasteiger partial charge on any atom is 0.201 e. The smallest absolute Gasteiger partial charge is 0.201 e. The molecule has 0 fully saturated rings. The normalized spacial score (nSPS) is 22.0. The Bertz CT molecular complexity index is 1190. The Hall–Kier alpha value is -4.18. The van der Waals surface area contributed by atoms with Gasteiger partial charge >= 0.3 is 0 Å². The number of nitrogens with zero attached hydrogens (tertiary/aromatic N) is 8. The van der Waals surface area contributed by atoms with Gasteiger partial charge in [0, 0.05) is 27.1 Å². The number of methoxy groups -OCH3 is 2. The second kappa shape index (κ2) is 11.0. The summed E-state index contributed by atoms with van der Waals surface area (Å²) in [6.07, 6.45) is -0.909. The van der Waals surface area contributed by atoms with Crippen molar-refractivity contribution in [3.05, 3.63) is 11.4 Å². The van der Waals surface area contributed by atoms with Crippen molar-refractivity contribution >= 4 is 22.9 Å². The van der Waals surface area contributed by atoms with E-state index in [0.717, 1.165) is 0 Å². The first kappa shape index (κ1) is 26.4. The van der Waals surface area contributed by atoms with Crippen molar-refractivity contribution < 1.29 is 18.9 Å². The third-order valence-corrected chi connectivity index (χ3v) is 5.83. The SMILES string of the molecule is COC(C)OCCC1(C#N)Nc2nc3nc(C#N)c(C#N)nc3nc2NC1(C#N)CCOC(C)OC. The van der Waals surface area contributed by atoms with E-state index < -0.39 is 23.7 Å². The zero-order valence-electron chi connectivity index (χ0n) is 20.2. The van der Waals surface area contributed by atoms with Crippen LogP contribution in [-0.2, 0) is 18.9 Å². The number of rotatable bonds is 10. The van der Waals surface area contributed by atoms with Gasteiger partial charge in [-0.1, -0.05) is 0 Å². The fraction of sp³-hybridized carbons (Fsp3) is 0.545. The van der Waals surface area contributed by atoms with Crippen LogP contribution in [0, 0.1) is 45.3 Å². The molecule has 4 atom stereocenters. The fourth-order valence-electron chi connectivity index (χ4n) is 3.64. The molecule has 186 valence electrons. The Morgan fingerprint density at radius 1 is 0.722 bits per heavy atom. The van der Waals surface area contributed by atoms with E-state index in [1.165, 1.54) is 14.2 Å². The Kier molecular flexibility index (Phi) is 8.11. The number of anilines is 2. The van der Waals surface area contributed by atoms with E-state index in [0.29, 0.717) is 0 Å². The van der Waals surface area contributed by atoms with Crippen molar-refractivity contribution in [1.82, 2.24) is 19.9 Å². The van der Waals surface area contributed by atoms with Gasteiger partial charge in [-0.05, 0) is 13.8 Å². The molecule has 14 nitrogen and oxygen atoms in total. The maximum atomic E-state index is 10.4. The summed E-state index contributed by atoms with van der Waals surface area (Å²) in [6.45, 7) is 3.57. The number of fused-ring (bicyclic) bond motifs is 2. The summed E-state index contributed by atoms with van der Waals surface area (Å²) in [4.78, 5) is 16.9. The summed E-state index contributed by atoms with van der Waals surface area (Å²) in [7, 11) is 2.98. The lowest BCUT2D eigenvalue weighted by atomic mass is 9.72. The monoisotopic (exact) mass is 492 g/mol. The molecule has 4 unspecified atom stereocenters. The van der Waals surface area contributed by atoms with Crippen LogP contribution in [0.2, 0.25) is 0 Å². The topological polar surface area (TPSA) is 208 Å². The van der Waals surface area contributed by atoms with E-state index in [4.69, 9.17) is 18.9 Å². The van der Waals surface area contributed by atoms with Crippen molar-refractivity contribution in [3.8, 4) is 24.3 Å². The fourth-order valence-corrected chi connectivity index (χ4v) is 3.64. The van der Waals surface area contributed by atoms with Crippen LogP contribution in [0.5, 0.6) is 0 Å². The van der Waals surface area contributed by atoms with Crippen LogP contribution in [0.4, 0.5) is 11.6 Å². The Balaban J connectivity index is 2.09. The molecule has 14 heteroatoms. The molecular formula is C22H24N10O4. The van der Waals surface area contributed by atoms with E-state index in [9.17, 15) is 21.0 Å². The third-order valence-electron chi connectivity index (χ3n) is 5.83. The molecule has 3 heterocycles. The standard InChI is InChI=1S/C22H24N10O4/c1-13(33-3)35-7-5-21(11-25)22(12-26,6-8-36-14(2)34-4)32-20-19(31-21)29-17-18(30-20)28-16(10-24)15(9-23)27-17/h13-14H,5-8H2,1-4H3,(H,27,29,31)(H,28,30,32). The Labute approximate surface area is 207 Å². The van der Waals surface area contributed by atoms with Crippen LogP contribution in [0.15, 0.2) is 0 Å². The summed E-state index contributed by atoms with van der Waals surface area (Å²) in [6, 6.07) is 8.06. The minimum Gasteiger partial charge on any atom is -0.356 e. The number of hydrogen-bond donors (Lipinski definition) is 2. The van der Waals surface area contributed by atoms with Crippen LogP contribution in [0.3, 0.4) is 0 Å². The molecule has 0 bridgehead atoms. The van der Waals surface area contributed by atoms with Crippen LogP contribution >= 0.6 is 0 Å². The van der Waals surface area contributed by atoms with E-state index in [1.54, 1.807) is 26.0 Å². The first-order valence-corrected chi connectivity index (χ1v) is 10.9. The van der Waals surface area contributed by atoms with Gasteiger partial charge < -0.3 is 29.6 Å². The van der Waals surface area contributed by atoms with Gasteiger partial charge in [-0.15, -0.1) is 0 Å². The number of nitriles is 4. The molecular weight excluding hydrogens is 468 g/mol. The highest BCUT2D eigenvalue weighted by atomic mass is 16.7. The van der Waals surface area contributed by atoms with Gasteiger partial charge in [-0.2, -0.15) is 21.0 Å². The number of ether oxygens (including phenoxy) is 4. The average Bonchev–Trinajstić information content (AvgIpc) is 2.90. The van der Waals surface area contributed by atoms with Gasteiger partial charge in [0.25, 0.3) is 0 Å². The second-order valence-corrected chi connectivity index (χ2v) is 7.84. The van der Waals surface area contributed by atoms with Crippen LogP contribution in [0.25, 0.3) is 11.3 Å². The highest BCUT2D eigenvalue weighted by molar-refractivity contribution is 5.79. The van der Waals surface area contributed by atoms with Crippen LogP contribution in [-0.4, -0.2) is 71.0 Å².